The molecule has 2 fully saturated rings. The topological polar surface area (TPSA) is 39.4 Å². The molecule has 0 radical (unpaired) electrons. The standard InChI is InChI=1S/C22H25N3S/c1-16(2)14-25-15-22(11-5-6-12-22)26-21(25)24-20-10-9-17(13-23)18-7-3-4-8-19(18)20/h3-4,7-10,16H,5-6,11-12,14-15H2,1-2H3. The van der Waals surface area contributed by atoms with Gasteiger partial charge in [-0.15, -0.1) is 0 Å². The van der Waals surface area contributed by atoms with Gasteiger partial charge in [0.25, 0.3) is 0 Å². The molecule has 0 N–H and O–H groups in total. The van der Waals surface area contributed by atoms with E-state index < -0.39 is 0 Å². The smallest absolute Gasteiger partial charge is 0.165 e. The Morgan fingerprint density at radius 3 is 2.58 bits per heavy atom. The number of aliphatic imine (C=N–C) groups is 1. The maximum Gasteiger partial charge on any atom is 0.165 e. The predicted molar refractivity (Wildman–Crippen MR) is 111 cm³/mol. The van der Waals surface area contributed by atoms with Gasteiger partial charge in [-0.05, 0) is 30.9 Å². The molecule has 4 heteroatoms. The van der Waals surface area contributed by atoms with E-state index in [0.717, 1.165) is 40.3 Å². The van der Waals surface area contributed by atoms with Crippen molar-refractivity contribution in [2.24, 2.45) is 10.9 Å². The van der Waals surface area contributed by atoms with Crippen LogP contribution in [0.4, 0.5) is 5.69 Å². The highest BCUT2D eigenvalue weighted by molar-refractivity contribution is 8.15. The molecular weight excluding hydrogens is 338 g/mol. The minimum atomic E-state index is 0.371. The van der Waals surface area contributed by atoms with Crippen LogP contribution in [-0.4, -0.2) is 27.9 Å². The van der Waals surface area contributed by atoms with Crippen LogP contribution in [0, 0.1) is 17.2 Å². The number of nitrogens with zero attached hydrogens (tertiary/aromatic N) is 3. The fourth-order valence-electron chi connectivity index (χ4n) is 4.24. The van der Waals surface area contributed by atoms with Crippen molar-refractivity contribution in [1.82, 2.24) is 4.90 Å². The van der Waals surface area contributed by atoms with Gasteiger partial charge in [-0.2, -0.15) is 5.26 Å². The monoisotopic (exact) mass is 363 g/mol. The molecule has 2 aliphatic rings. The molecule has 1 aliphatic heterocycles. The summed E-state index contributed by atoms with van der Waals surface area (Å²) >= 11 is 1.99. The van der Waals surface area contributed by atoms with E-state index >= 15 is 0 Å². The second-order valence-corrected chi connectivity index (χ2v) is 9.39. The normalized spacial score (nSPS) is 20.5. The van der Waals surface area contributed by atoms with Gasteiger partial charge < -0.3 is 4.90 Å². The molecule has 26 heavy (non-hydrogen) atoms. The third-order valence-electron chi connectivity index (χ3n) is 5.40. The Morgan fingerprint density at radius 2 is 1.88 bits per heavy atom. The molecule has 0 unspecified atom stereocenters. The molecule has 3 nitrogen and oxygen atoms in total. The second-order valence-electron chi connectivity index (χ2n) is 7.95. The van der Waals surface area contributed by atoms with Crippen molar-refractivity contribution >= 4 is 33.4 Å². The minimum absolute atomic E-state index is 0.371. The van der Waals surface area contributed by atoms with Crippen LogP contribution in [0.2, 0.25) is 0 Å². The van der Waals surface area contributed by atoms with E-state index in [9.17, 15) is 5.26 Å². The number of hydrogen-bond acceptors (Lipinski definition) is 3. The number of amidine groups is 1. The maximum absolute atomic E-state index is 9.39. The fourth-order valence-corrected chi connectivity index (χ4v) is 5.76. The summed E-state index contributed by atoms with van der Waals surface area (Å²) in [5.74, 6) is 0.620. The lowest BCUT2D eigenvalue weighted by atomic mass is 10.0. The predicted octanol–water partition coefficient (Wildman–Crippen LogP) is 5.72. The first kappa shape index (κ1) is 17.4. The van der Waals surface area contributed by atoms with E-state index in [4.69, 9.17) is 4.99 Å². The summed E-state index contributed by atoms with van der Waals surface area (Å²) in [6, 6.07) is 14.3. The molecule has 1 saturated heterocycles. The van der Waals surface area contributed by atoms with Crippen molar-refractivity contribution in [3.8, 4) is 6.07 Å². The zero-order valence-electron chi connectivity index (χ0n) is 15.5. The van der Waals surface area contributed by atoms with Gasteiger partial charge in [0.15, 0.2) is 5.17 Å². The quantitative estimate of drug-likeness (QED) is 0.700. The van der Waals surface area contributed by atoms with E-state index in [0.29, 0.717) is 10.7 Å². The van der Waals surface area contributed by atoms with Gasteiger partial charge in [0.2, 0.25) is 0 Å². The molecule has 1 spiro atoms. The molecule has 0 aromatic heterocycles. The zero-order valence-corrected chi connectivity index (χ0v) is 16.4. The highest BCUT2D eigenvalue weighted by Gasteiger charge is 2.44. The number of thioether (sulfide) groups is 1. The first-order chi connectivity index (χ1) is 12.6. The fraction of sp³-hybridized carbons (Fsp3) is 0.455. The summed E-state index contributed by atoms with van der Waals surface area (Å²) in [7, 11) is 0. The highest BCUT2D eigenvalue weighted by Crippen LogP contribution is 2.48. The molecule has 2 aromatic rings. The summed E-state index contributed by atoms with van der Waals surface area (Å²) in [6.45, 7) is 6.74. The van der Waals surface area contributed by atoms with Crippen molar-refractivity contribution < 1.29 is 0 Å². The lowest BCUT2D eigenvalue weighted by Crippen LogP contribution is -2.33. The lowest BCUT2D eigenvalue weighted by Gasteiger charge is -2.23. The largest absolute Gasteiger partial charge is 0.350 e. The summed E-state index contributed by atoms with van der Waals surface area (Å²) < 4.78 is 0.371. The van der Waals surface area contributed by atoms with Gasteiger partial charge in [0, 0.05) is 28.6 Å². The van der Waals surface area contributed by atoms with Crippen LogP contribution in [-0.2, 0) is 0 Å². The lowest BCUT2D eigenvalue weighted by molar-refractivity contribution is 0.346. The molecule has 1 saturated carbocycles. The summed E-state index contributed by atoms with van der Waals surface area (Å²) in [5, 5.41) is 12.6. The molecule has 2 aromatic carbocycles. The van der Waals surface area contributed by atoms with Crippen molar-refractivity contribution in [3.63, 3.8) is 0 Å². The number of benzene rings is 2. The van der Waals surface area contributed by atoms with Crippen molar-refractivity contribution in [2.75, 3.05) is 13.1 Å². The van der Waals surface area contributed by atoms with Crippen molar-refractivity contribution in [1.29, 1.82) is 5.26 Å². The van der Waals surface area contributed by atoms with Crippen LogP contribution in [0.25, 0.3) is 10.8 Å². The number of fused-ring (bicyclic) bond motifs is 1. The van der Waals surface area contributed by atoms with E-state index in [1.54, 1.807) is 0 Å². The van der Waals surface area contributed by atoms with Gasteiger partial charge in [0.1, 0.15) is 0 Å². The summed E-state index contributed by atoms with van der Waals surface area (Å²) in [6.07, 6.45) is 5.30. The van der Waals surface area contributed by atoms with Gasteiger partial charge in [0.05, 0.1) is 17.3 Å². The van der Waals surface area contributed by atoms with Crippen molar-refractivity contribution in [3.05, 3.63) is 42.0 Å². The Hall–Kier alpha value is -1.99. The third kappa shape index (κ3) is 3.21. The first-order valence-electron chi connectivity index (χ1n) is 9.55. The van der Waals surface area contributed by atoms with Crippen molar-refractivity contribution in [2.45, 2.75) is 44.3 Å². The molecular formula is C22H25N3S. The van der Waals surface area contributed by atoms with E-state index in [-0.39, 0.29) is 0 Å². The Morgan fingerprint density at radius 1 is 1.15 bits per heavy atom. The SMILES string of the molecule is CC(C)CN1CC2(CCCC2)SC1=Nc1ccc(C#N)c2ccccc12. The minimum Gasteiger partial charge on any atom is -0.350 e. The maximum atomic E-state index is 9.39. The van der Waals surface area contributed by atoms with Crippen LogP contribution in [0.1, 0.15) is 45.1 Å². The van der Waals surface area contributed by atoms with Crippen LogP contribution in [0.5, 0.6) is 0 Å². The number of hydrogen-bond donors (Lipinski definition) is 0. The highest BCUT2D eigenvalue weighted by atomic mass is 32.2. The number of rotatable bonds is 3. The van der Waals surface area contributed by atoms with Crippen LogP contribution in [0.3, 0.4) is 0 Å². The summed E-state index contributed by atoms with van der Waals surface area (Å²) in [5.41, 5.74) is 1.70. The molecule has 1 aliphatic carbocycles. The average molecular weight is 364 g/mol. The van der Waals surface area contributed by atoms with E-state index in [1.807, 2.05) is 42.1 Å². The van der Waals surface area contributed by atoms with Gasteiger partial charge in [-0.3, -0.25) is 0 Å². The zero-order chi connectivity index (χ0) is 18.1. The van der Waals surface area contributed by atoms with Crippen LogP contribution < -0.4 is 0 Å². The first-order valence-corrected chi connectivity index (χ1v) is 10.4. The van der Waals surface area contributed by atoms with E-state index in [1.165, 1.54) is 25.7 Å². The van der Waals surface area contributed by atoms with E-state index in [2.05, 4.69) is 30.9 Å². The molecule has 0 amide bonds. The third-order valence-corrected chi connectivity index (χ3v) is 6.90. The van der Waals surface area contributed by atoms with Crippen LogP contribution in [0.15, 0.2) is 41.4 Å². The Bertz CT molecular complexity index is 888. The average Bonchev–Trinajstić information content (AvgIpc) is 3.22. The molecule has 134 valence electrons. The van der Waals surface area contributed by atoms with Gasteiger partial charge in [-0.1, -0.05) is 62.7 Å². The molecule has 0 bridgehead atoms. The Labute approximate surface area is 160 Å². The molecule has 4 rings (SSSR count). The second kappa shape index (κ2) is 6.96. The number of nitriles is 1. The Balaban J connectivity index is 1.76. The van der Waals surface area contributed by atoms with Crippen LogP contribution >= 0.6 is 11.8 Å². The molecule has 1 heterocycles. The summed E-state index contributed by atoms with van der Waals surface area (Å²) in [4.78, 5) is 7.60. The van der Waals surface area contributed by atoms with Gasteiger partial charge in [-0.25, -0.2) is 4.99 Å². The van der Waals surface area contributed by atoms with Gasteiger partial charge >= 0.3 is 0 Å². The Kier molecular flexibility index (Phi) is 4.67. The molecule has 0 atom stereocenters.